The first-order valence-corrected chi connectivity index (χ1v) is 5.78. The van der Waals surface area contributed by atoms with Gasteiger partial charge in [0.15, 0.2) is 0 Å². The van der Waals surface area contributed by atoms with Crippen LogP contribution in [0.3, 0.4) is 0 Å². The van der Waals surface area contributed by atoms with E-state index in [1.54, 1.807) is 19.1 Å². The Bertz CT molecular complexity index is 380. The average Bonchev–Trinajstić information content (AvgIpc) is 2.39. The highest BCUT2D eigenvalue weighted by molar-refractivity contribution is 5.79. The fourth-order valence-corrected chi connectivity index (χ4v) is 1.49. The molecule has 18 heavy (non-hydrogen) atoms. The van der Waals surface area contributed by atoms with E-state index >= 15 is 0 Å². The van der Waals surface area contributed by atoms with E-state index in [0.717, 1.165) is 0 Å². The zero-order chi connectivity index (χ0) is 13.6. The van der Waals surface area contributed by atoms with Crippen LogP contribution in [0.4, 0.5) is 5.69 Å². The van der Waals surface area contributed by atoms with Crippen molar-refractivity contribution in [1.29, 1.82) is 0 Å². The number of anilines is 1. The average molecular weight is 253 g/mol. The van der Waals surface area contributed by atoms with E-state index in [9.17, 15) is 15.0 Å². The Morgan fingerprint density at radius 1 is 1.44 bits per heavy atom. The number of hydrogen-bond acceptors (Lipinski definition) is 5. The van der Waals surface area contributed by atoms with Gasteiger partial charge in [0, 0.05) is 5.69 Å². The van der Waals surface area contributed by atoms with Crippen molar-refractivity contribution in [2.75, 3.05) is 18.9 Å². The number of aliphatic hydroxyl groups is 2. The number of nitrogens with zero attached hydrogens (tertiary/aromatic N) is 1. The van der Waals surface area contributed by atoms with Crippen LogP contribution in [0.5, 0.6) is 0 Å². The van der Waals surface area contributed by atoms with Gasteiger partial charge in [-0.3, -0.25) is 9.78 Å². The molecule has 1 heterocycles. The van der Waals surface area contributed by atoms with Crippen molar-refractivity contribution in [2.24, 2.45) is 0 Å². The van der Waals surface area contributed by atoms with Crippen molar-refractivity contribution in [3.8, 4) is 0 Å². The molecule has 0 aliphatic rings. The van der Waals surface area contributed by atoms with Crippen LogP contribution in [-0.4, -0.2) is 39.9 Å². The minimum atomic E-state index is -0.967. The molecule has 1 amide bonds. The third-order valence-electron chi connectivity index (χ3n) is 2.88. The Kier molecular flexibility index (Phi) is 5.06. The fourth-order valence-electron chi connectivity index (χ4n) is 1.49. The van der Waals surface area contributed by atoms with Gasteiger partial charge >= 0.3 is 0 Å². The van der Waals surface area contributed by atoms with Crippen LogP contribution in [0.1, 0.15) is 19.0 Å². The number of aliphatic hydroxyl groups excluding tert-OH is 2. The summed E-state index contributed by atoms with van der Waals surface area (Å²) in [5.41, 5.74) is 5.65. The van der Waals surface area contributed by atoms with Gasteiger partial charge in [-0.1, -0.05) is 6.92 Å². The van der Waals surface area contributed by atoms with Gasteiger partial charge in [-0.05, 0) is 18.6 Å². The van der Waals surface area contributed by atoms with Gasteiger partial charge in [0.05, 0.1) is 37.1 Å². The molecule has 0 spiro atoms. The zero-order valence-corrected chi connectivity index (χ0v) is 10.4. The minimum Gasteiger partial charge on any atom is -0.397 e. The van der Waals surface area contributed by atoms with E-state index in [1.807, 2.05) is 0 Å². The van der Waals surface area contributed by atoms with Crippen molar-refractivity contribution < 1.29 is 15.0 Å². The highest BCUT2D eigenvalue weighted by atomic mass is 16.3. The molecule has 0 radical (unpaired) electrons. The van der Waals surface area contributed by atoms with Crippen LogP contribution < -0.4 is 11.1 Å². The van der Waals surface area contributed by atoms with Gasteiger partial charge in [-0.25, -0.2) is 0 Å². The number of aromatic nitrogens is 1. The third kappa shape index (κ3) is 3.68. The quantitative estimate of drug-likeness (QED) is 0.544. The number of carbonyl (C=O) groups excluding carboxylic acids is 1. The summed E-state index contributed by atoms with van der Waals surface area (Å²) in [7, 11) is 0. The predicted molar refractivity (Wildman–Crippen MR) is 67.7 cm³/mol. The summed E-state index contributed by atoms with van der Waals surface area (Å²) in [5.74, 6) is -0.294. The fraction of sp³-hybridized carbons (Fsp3) is 0.500. The zero-order valence-electron chi connectivity index (χ0n) is 10.4. The molecule has 0 saturated carbocycles. The number of carbonyl (C=O) groups is 1. The Hall–Kier alpha value is -1.66. The summed E-state index contributed by atoms with van der Waals surface area (Å²) >= 11 is 0. The van der Waals surface area contributed by atoms with Crippen LogP contribution in [0.25, 0.3) is 0 Å². The molecule has 6 heteroatoms. The number of nitrogens with one attached hydrogen (secondary N) is 1. The molecule has 0 atom stereocenters. The molecule has 0 bridgehead atoms. The molecule has 0 unspecified atom stereocenters. The first-order chi connectivity index (χ1) is 8.55. The molecule has 6 nitrogen and oxygen atoms in total. The normalized spacial score (nSPS) is 11.3. The van der Waals surface area contributed by atoms with Crippen LogP contribution in [0.2, 0.25) is 0 Å². The maximum atomic E-state index is 11.8. The van der Waals surface area contributed by atoms with Gasteiger partial charge < -0.3 is 21.3 Å². The van der Waals surface area contributed by atoms with E-state index < -0.39 is 5.54 Å². The molecule has 0 aromatic carbocycles. The van der Waals surface area contributed by atoms with Gasteiger partial charge in [0.2, 0.25) is 5.91 Å². The van der Waals surface area contributed by atoms with Crippen molar-refractivity contribution in [2.45, 2.75) is 25.3 Å². The number of hydrogen-bond donors (Lipinski definition) is 4. The van der Waals surface area contributed by atoms with E-state index in [4.69, 9.17) is 5.73 Å². The number of nitrogen functional groups attached to an aromatic ring is 1. The van der Waals surface area contributed by atoms with Crippen LogP contribution in [0.15, 0.2) is 18.3 Å². The first-order valence-electron chi connectivity index (χ1n) is 5.78. The third-order valence-corrected chi connectivity index (χ3v) is 2.88. The predicted octanol–water partition coefficient (Wildman–Crippen LogP) is -0.544. The van der Waals surface area contributed by atoms with Crippen LogP contribution in [-0.2, 0) is 11.2 Å². The number of nitrogens with two attached hydrogens (primary N) is 1. The lowest BCUT2D eigenvalue weighted by Gasteiger charge is -2.29. The maximum absolute atomic E-state index is 11.8. The number of rotatable bonds is 6. The van der Waals surface area contributed by atoms with Gasteiger partial charge in [-0.15, -0.1) is 0 Å². The van der Waals surface area contributed by atoms with Crippen molar-refractivity contribution in [1.82, 2.24) is 10.3 Å². The van der Waals surface area contributed by atoms with Crippen molar-refractivity contribution in [3.05, 3.63) is 24.0 Å². The summed E-state index contributed by atoms with van der Waals surface area (Å²) < 4.78 is 0. The summed E-state index contributed by atoms with van der Waals surface area (Å²) in [6.45, 7) is 1.18. The van der Waals surface area contributed by atoms with E-state index in [0.29, 0.717) is 17.8 Å². The molecule has 1 aromatic heterocycles. The largest absolute Gasteiger partial charge is 0.397 e. The van der Waals surface area contributed by atoms with E-state index in [2.05, 4.69) is 10.3 Å². The molecule has 0 aliphatic heterocycles. The molecule has 1 rings (SSSR count). The lowest BCUT2D eigenvalue weighted by molar-refractivity contribution is -0.123. The van der Waals surface area contributed by atoms with Crippen molar-refractivity contribution in [3.63, 3.8) is 0 Å². The standard InChI is InChI=1S/C12H19N3O3/c1-2-12(7-16,8-17)15-11(18)5-10-4-3-9(13)6-14-10/h3-4,6,16-17H,2,5,7-8,13H2,1H3,(H,15,18). The summed E-state index contributed by atoms with van der Waals surface area (Å²) in [4.78, 5) is 15.8. The van der Waals surface area contributed by atoms with E-state index in [-0.39, 0.29) is 25.5 Å². The van der Waals surface area contributed by atoms with Crippen molar-refractivity contribution >= 4 is 11.6 Å². The van der Waals surface area contributed by atoms with Crippen LogP contribution in [0, 0.1) is 0 Å². The molecule has 5 N–H and O–H groups in total. The molecule has 0 fully saturated rings. The number of amides is 1. The highest BCUT2D eigenvalue weighted by Crippen LogP contribution is 2.09. The Balaban J connectivity index is 2.63. The first kappa shape index (κ1) is 14.4. The maximum Gasteiger partial charge on any atom is 0.226 e. The second kappa shape index (κ2) is 6.32. The van der Waals surface area contributed by atoms with Gasteiger partial charge in [0.25, 0.3) is 0 Å². The number of pyridine rings is 1. The molecule has 1 aromatic rings. The topological polar surface area (TPSA) is 108 Å². The second-order valence-corrected chi connectivity index (χ2v) is 4.26. The highest BCUT2D eigenvalue weighted by Gasteiger charge is 2.28. The Morgan fingerprint density at radius 2 is 2.11 bits per heavy atom. The van der Waals surface area contributed by atoms with Gasteiger partial charge in [-0.2, -0.15) is 0 Å². The Labute approximate surface area is 106 Å². The second-order valence-electron chi connectivity index (χ2n) is 4.26. The molecular formula is C12H19N3O3. The molecule has 100 valence electrons. The van der Waals surface area contributed by atoms with Gasteiger partial charge in [0.1, 0.15) is 0 Å². The molecule has 0 aliphatic carbocycles. The van der Waals surface area contributed by atoms with Crippen LogP contribution >= 0.6 is 0 Å². The molecule has 0 saturated heterocycles. The Morgan fingerprint density at radius 3 is 2.56 bits per heavy atom. The minimum absolute atomic E-state index is 0.0853. The summed E-state index contributed by atoms with van der Waals surface area (Å²) in [6.07, 6.45) is 2.01. The molecular weight excluding hydrogens is 234 g/mol. The lowest BCUT2D eigenvalue weighted by atomic mass is 9.98. The summed E-state index contributed by atoms with van der Waals surface area (Å²) in [5, 5.41) is 21.1. The smallest absolute Gasteiger partial charge is 0.226 e. The van der Waals surface area contributed by atoms with E-state index in [1.165, 1.54) is 6.20 Å². The lowest BCUT2D eigenvalue weighted by Crippen LogP contribution is -2.54. The monoisotopic (exact) mass is 253 g/mol. The SMILES string of the molecule is CCC(CO)(CO)NC(=O)Cc1ccc(N)cn1. The summed E-state index contributed by atoms with van der Waals surface area (Å²) in [6, 6.07) is 3.33.